The standard InChI is InChI=1S/C27H30Cl2F2N2O4/c1-5-20(34)15-32(26(36)37-27(2,3)4)19-12-21(28)25(22(29)13-19)33-14-16(6-9-24(33)35)10-17-7-8-18(30)11-23(17)31/h7-8,11-13,16H,5-6,9-10,14-15H2,1-4H3. The maximum absolute atomic E-state index is 14.2. The fourth-order valence-electron chi connectivity index (χ4n) is 4.13. The van der Waals surface area contributed by atoms with Gasteiger partial charge in [-0.3, -0.25) is 14.5 Å². The minimum atomic E-state index is -0.794. The number of amides is 2. The van der Waals surface area contributed by atoms with Crippen LogP contribution in [0.3, 0.4) is 0 Å². The lowest BCUT2D eigenvalue weighted by Gasteiger charge is -2.34. The van der Waals surface area contributed by atoms with E-state index in [4.69, 9.17) is 27.9 Å². The Morgan fingerprint density at radius 2 is 1.78 bits per heavy atom. The van der Waals surface area contributed by atoms with Crippen molar-refractivity contribution >= 4 is 52.4 Å². The Bertz CT molecular complexity index is 1180. The van der Waals surface area contributed by atoms with E-state index >= 15 is 0 Å². The summed E-state index contributed by atoms with van der Waals surface area (Å²) >= 11 is 13.2. The lowest BCUT2D eigenvalue weighted by Crippen LogP contribution is -2.41. The van der Waals surface area contributed by atoms with E-state index in [9.17, 15) is 23.2 Å². The van der Waals surface area contributed by atoms with Crippen molar-refractivity contribution in [3.8, 4) is 0 Å². The molecule has 2 aromatic rings. The number of halogens is 4. The summed E-state index contributed by atoms with van der Waals surface area (Å²) in [7, 11) is 0. The summed E-state index contributed by atoms with van der Waals surface area (Å²) in [5.41, 5.74) is 0.0931. The zero-order valence-electron chi connectivity index (χ0n) is 21.2. The first-order chi connectivity index (χ1) is 17.3. The molecule has 0 saturated carbocycles. The third-order valence-electron chi connectivity index (χ3n) is 5.96. The van der Waals surface area contributed by atoms with Gasteiger partial charge in [0.2, 0.25) is 5.91 Å². The summed E-state index contributed by atoms with van der Waals surface area (Å²) in [5.74, 6) is -1.78. The molecule has 1 aliphatic heterocycles. The molecule has 1 saturated heterocycles. The van der Waals surface area contributed by atoms with Crippen molar-refractivity contribution in [3.63, 3.8) is 0 Å². The quantitative estimate of drug-likeness (QED) is 0.370. The average molecular weight is 555 g/mol. The maximum atomic E-state index is 14.2. The predicted molar refractivity (Wildman–Crippen MR) is 140 cm³/mol. The molecule has 0 N–H and O–H groups in total. The van der Waals surface area contributed by atoms with E-state index in [2.05, 4.69) is 0 Å². The number of rotatable bonds is 7. The van der Waals surface area contributed by atoms with Gasteiger partial charge >= 0.3 is 6.09 Å². The van der Waals surface area contributed by atoms with Crippen molar-refractivity contribution in [1.29, 1.82) is 0 Å². The van der Waals surface area contributed by atoms with Gasteiger partial charge in [0.25, 0.3) is 0 Å². The molecule has 6 nitrogen and oxygen atoms in total. The van der Waals surface area contributed by atoms with E-state index in [1.807, 2.05) is 0 Å². The Balaban J connectivity index is 1.90. The fourth-order valence-corrected chi connectivity index (χ4v) is 4.81. The van der Waals surface area contributed by atoms with Gasteiger partial charge in [-0.2, -0.15) is 0 Å². The number of benzene rings is 2. The number of ketones is 1. The number of hydrogen-bond donors (Lipinski definition) is 0. The number of nitrogens with zero attached hydrogens (tertiary/aromatic N) is 2. The normalized spacial score (nSPS) is 16.1. The van der Waals surface area contributed by atoms with Crippen LogP contribution in [-0.2, 0) is 20.7 Å². The minimum Gasteiger partial charge on any atom is -0.443 e. The summed E-state index contributed by atoms with van der Waals surface area (Å²) in [6.45, 7) is 6.83. The highest BCUT2D eigenvalue weighted by molar-refractivity contribution is 6.40. The molecular weight excluding hydrogens is 525 g/mol. The summed E-state index contributed by atoms with van der Waals surface area (Å²) in [6.07, 6.45) is 0.540. The van der Waals surface area contributed by atoms with Crippen molar-refractivity contribution in [2.75, 3.05) is 22.9 Å². The molecule has 0 aromatic heterocycles. The van der Waals surface area contributed by atoms with Crippen LogP contribution < -0.4 is 9.80 Å². The van der Waals surface area contributed by atoms with Gasteiger partial charge < -0.3 is 9.64 Å². The van der Waals surface area contributed by atoms with Crippen LogP contribution in [0.25, 0.3) is 0 Å². The summed E-state index contributed by atoms with van der Waals surface area (Å²) in [6, 6.07) is 6.38. The molecule has 2 aromatic carbocycles. The first-order valence-corrected chi connectivity index (χ1v) is 12.8. The van der Waals surface area contributed by atoms with Gasteiger partial charge in [-0.25, -0.2) is 13.6 Å². The van der Waals surface area contributed by atoms with E-state index < -0.39 is 23.3 Å². The van der Waals surface area contributed by atoms with Crippen molar-refractivity contribution in [2.45, 2.75) is 59.0 Å². The number of ether oxygens (including phenoxy) is 1. The molecule has 1 heterocycles. The number of piperidine rings is 1. The second-order valence-electron chi connectivity index (χ2n) is 10.1. The van der Waals surface area contributed by atoms with E-state index in [-0.39, 0.29) is 65.0 Å². The lowest BCUT2D eigenvalue weighted by molar-refractivity contribution is -0.120. The maximum Gasteiger partial charge on any atom is 0.415 e. The number of carbonyl (C=O) groups is 3. The molecule has 37 heavy (non-hydrogen) atoms. The van der Waals surface area contributed by atoms with Crippen LogP contribution >= 0.6 is 23.2 Å². The van der Waals surface area contributed by atoms with E-state index in [1.165, 1.54) is 29.2 Å². The molecule has 0 bridgehead atoms. The van der Waals surface area contributed by atoms with E-state index in [0.29, 0.717) is 18.4 Å². The van der Waals surface area contributed by atoms with E-state index in [1.54, 1.807) is 27.7 Å². The molecule has 0 aliphatic carbocycles. The van der Waals surface area contributed by atoms with Crippen molar-refractivity contribution in [1.82, 2.24) is 0 Å². The van der Waals surface area contributed by atoms with Gasteiger partial charge in [-0.05, 0) is 63.3 Å². The number of carbonyl (C=O) groups excluding carboxylic acids is 3. The molecule has 1 fully saturated rings. The van der Waals surface area contributed by atoms with Crippen LogP contribution in [0.5, 0.6) is 0 Å². The van der Waals surface area contributed by atoms with Crippen LogP contribution in [0.1, 0.15) is 52.5 Å². The van der Waals surface area contributed by atoms with E-state index in [0.717, 1.165) is 11.0 Å². The molecule has 1 aliphatic rings. The summed E-state index contributed by atoms with van der Waals surface area (Å²) < 4.78 is 33.0. The monoisotopic (exact) mass is 554 g/mol. The highest BCUT2D eigenvalue weighted by Gasteiger charge is 2.32. The lowest BCUT2D eigenvalue weighted by atomic mass is 9.90. The average Bonchev–Trinajstić information content (AvgIpc) is 2.79. The topological polar surface area (TPSA) is 66.9 Å². The van der Waals surface area contributed by atoms with Crippen molar-refractivity contribution in [2.24, 2.45) is 5.92 Å². The molecular formula is C27H30Cl2F2N2O4. The molecule has 1 atom stereocenters. The van der Waals surface area contributed by atoms with Gasteiger partial charge in [-0.15, -0.1) is 0 Å². The Kier molecular flexibility index (Phi) is 9.18. The molecule has 1 unspecified atom stereocenters. The first kappa shape index (κ1) is 28.9. The zero-order valence-corrected chi connectivity index (χ0v) is 22.8. The van der Waals surface area contributed by atoms with Gasteiger partial charge in [0, 0.05) is 25.5 Å². The third-order valence-corrected chi connectivity index (χ3v) is 6.53. The number of hydrogen-bond acceptors (Lipinski definition) is 4. The molecule has 200 valence electrons. The molecule has 0 spiro atoms. The second kappa shape index (κ2) is 11.8. The highest BCUT2D eigenvalue weighted by atomic mass is 35.5. The molecule has 0 radical (unpaired) electrons. The Labute approximate surface area is 225 Å². The predicted octanol–water partition coefficient (Wildman–Crippen LogP) is 6.98. The molecule has 3 rings (SSSR count). The van der Waals surface area contributed by atoms with Crippen molar-refractivity contribution < 1.29 is 27.9 Å². The fraction of sp³-hybridized carbons (Fsp3) is 0.444. The van der Waals surface area contributed by atoms with Crippen molar-refractivity contribution in [3.05, 3.63) is 57.6 Å². The highest BCUT2D eigenvalue weighted by Crippen LogP contribution is 2.40. The number of anilines is 2. The summed E-state index contributed by atoms with van der Waals surface area (Å²) in [4.78, 5) is 40.5. The Hall–Kier alpha value is -2.71. The van der Waals surface area contributed by atoms with Crippen LogP contribution in [0.2, 0.25) is 10.0 Å². The Morgan fingerprint density at radius 1 is 1.14 bits per heavy atom. The van der Waals surface area contributed by atoms with Crippen LogP contribution in [0.4, 0.5) is 25.0 Å². The third kappa shape index (κ3) is 7.42. The van der Waals surface area contributed by atoms with Crippen LogP contribution in [-0.4, -0.2) is 36.5 Å². The summed E-state index contributed by atoms with van der Waals surface area (Å²) in [5, 5.41) is 0.226. The van der Waals surface area contributed by atoms with Crippen LogP contribution in [0.15, 0.2) is 30.3 Å². The second-order valence-corrected chi connectivity index (χ2v) is 10.9. The SMILES string of the molecule is CCC(=O)CN(C(=O)OC(C)(C)C)c1cc(Cl)c(N2CC(Cc3ccc(F)cc3F)CCC2=O)c(Cl)c1. The Morgan fingerprint density at radius 3 is 2.35 bits per heavy atom. The first-order valence-electron chi connectivity index (χ1n) is 12.0. The number of Topliss-reactive ketones (excluding diaryl/α,β-unsaturated/α-hetero) is 1. The largest absolute Gasteiger partial charge is 0.443 e. The molecule has 2 amide bonds. The van der Waals surface area contributed by atoms with Gasteiger partial charge in [0.1, 0.15) is 17.2 Å². The van der Waals surface area contributed by atoms with Gasteiger partial charge in [0.15, 0.2) is 5.78 Å². The van der Waals surface area contributed by atoms with Crippen LogP contribution in [0, 0.1) is 17.6 Å². The van der Waals surface area contributed by atoms with Gasteiger partial charge in [0.05, 0.1) is 28.0 Å². The van der Waals surface area contributed by atoms with Gasteiger partial charge in [-0.1, -0.05) is 36.2 Å². The molecule has 10 heteroatoms. The smallest absolute Gasteiger partial charge is 0.415 e. The zero-order chi connectivity index (χ0) is 27.5. The minimum absolute atomic E-state index is 0.107.